The third kappa shape index (κ3) is 5.24. The fourth-order valence-electron chi connectivity index (χ4n) is 2.59. The standard InChI is InChI=1S/C21H27NO3/c1-5-15(2)21(23)22-20(17-8-12-19(25-4)13-9-17)14-16-6-10-18(24-3)11-7-16/h6-13,15,20H,5,14H2,1-4H3,(H,22,23)/t15-,20+/m1/s1. The zero-order valence-electron chi connectivity index (χ0n) is 15.4. The first-order valence-corrected chi connectivity index (χ1v) is 8.64. The minimum Gasteiger partial charge on any atom is -0.497 e. The van der Waals surface area contributed by atoms with Crippen molar-refractivity contribution in [1.82, 2.24) is 5.32 Å². The average molecular weight is 341 g/mol. The van der Waals surface area contributed by atoms with E-state index in [1.165, 1.54) is 0 Å². The summed E-state index contributed by atoms with van der Waals surface area (Å²) in [5.41, 5.74) is 2.21. The molecule has 4 heteroatoms. The first-order valence-electron chi connectivity index (χ1n) is 8.64. The van der Waals surface area contributed by atoms with Crippen molar-refractivity contribution in [1.29, 1.82) is 0 Å². The largest absolute Gasteiger partial charge is 0.497 e. The molecule has 0 saturated carbocycles. The van der Waals surface area contributed by atoms with Gasteiger partial charge in [0.2, 0.25) is 5.91 Å². The van der Waals surface area contributed by atoms with Crippen LogP contribution in [0.25, 0.3) is 0 Å². The Morgan fingerprint density at radius 3 is 1.96 bits per heavy atom. The number of carbonyl (C=O) groups excluding carboxylic acids is 1. The second-order valence-corrected chi connectivity index (χ2v) is 6.20. The molecule has 0 spiro atoms. The summed E-state index contributed by atoms with van der Waals surface area (Å²) >= 11 is 0. The number of ether oxygens (including phenoxy) is 2. The predicted octanol–water partition coefficient (Wildman–Crippen LogP) is 4.15. The zero-order chi connectivity index (χ0) is 18.2. The van der Waals surface area contributed by atoms with E-state index in [9.17, 15) is 4.79 Å². The highest BCUT2D eigenvalue weighted by Gasteiger charge is 2.18. The highest BCUT2D eigenvalue weighted by Crippen LogP contribution is 2.23. The third-order valence-corrected chi connectivity index (χ3v) is 4.49. The lowest BCUT2D eigenvalue weighted by Crippen LogP contribution is -2.33. The molecular weight excluding hydrogens is 314 g/mol. The number of nitrogens with one attached hydrogen (secondary N) is 1. The highest BCUT2D eigenvalue weighted by atomic mass is 16.5. The van der Waals surface area contributed by atoms with E-state index in [4.69, 9.17) is 9.47 Å². The van der Waals surface area contributed by atoms with E-state index < -0.39 is 0 Å². The molecule has 2 atom stereocenters. The van der Waals surface area contributed by atoms with Crippen LogP contribution in [0.4, 0.5) is 0 Å². The van der Waals surface area contributed by atoms with Crippen LogP contribution in [0.1, 0.15) is 37.4 Å². The zero-order valence-corrected chi connectivity index (χ0v) is 15.4. The van der Waals surface area contributed by atoms with E-state index in [0.717, 1.165) is 35.5 Å². The van der Waals surface area contributed by atoms with Gasteiger partial charge in [-0.1, -0.05) is 38.1 Å². The number of rotatable bonds is 8. The molecule has 134 valence electrons. The van der Waals surface area contributed by atoms with Crippen LogP contribution in [0.5, 0.6) is 11.5 Å². The molecule has 0 heterocycles. The summed E-state index contributed by atoms with van der Waals surface area (Å²) in [5, 5.41) is 3.19. The molecular formula is C21H27NO3. The maximum Gasteiger partial charge on any atom is 0.223 e. The molecule has 0 fully saturated rings. The van der Waals surface area contributed by atoms with Crippen molar-refractivity contribution in [3.05, 3.63) is 59.7 Å². The molecule has 2 aromatic rings. The van der Waals surface area contributed by atoms with Gasteiger partial charge in [-0.2, -0.15) is 0 Å². The van der Waals surface area contributed by atoms with Crippen molar-refractivity contribution >= 4 is 5.91 Å². The Morgan fingerprint density at radius 2 is 1.48 bits per heavy atom. The molecule has 0 radical (unpaired) electrons. The molecule has 0 aromatic heterocycles. The molecule has 1 N–H and O–H groups in total. The van der Waals surface area contributed by atoms with Gasteiger partial charge in [-0.15, -0.1) is 0 Å². The smallest absolute Gasteiger partial charge is 0.223 e. The molecule has 25 heavy (non-hydrogen) atoms. The minimum absolute atomic E-state index is 0.00313. The number of amides is 1. The van der Waals surface area contributed by atoms with Crippen LogP contribution < -0.4 is 14.8 Å². The van der Waals surface area contributed by atoms with Crippen LogP contribution in [0.3, 0.4) is 0 Å². The molecule has 2 aromatic carbocycles. The SMILES string of the molecule is CC[C@@H](C)C(=O)N[C@@H](Cc1ccc(OC)cc1)c1ccc(OC)cc1. The number of methoxy groups -OCH3 is 2. The van der Waals surface area contributed by atoms with Crippen molar-refractivity contribution in [2.24, 2.45) is 5.92 Å². The van der Waals surface area contributed by atoms with Gasteiger partial charge in [-0.25, -0.2) is 0 Å². The van der Waals surface area contributed by atoms with Crippen molar-refractivity contribution in [3.63, 3.8) is 0 Å². The monoisotopic (exact) mass is 341 g/mol. The van der Waals surface area contributed by atoms with Crippen molar-refractivity contribution < 1.29 is 14.3 Å². The quantitative estimate of drug-likeness (QED) is 0.784. The van der Waals surface area contributed by atoms with Gasteiger partial charge in [-0.05, 0) is 48.2 Å². The Labute approximate surface area is 150 Å². The van der Waals surface area contributed by atoms with Crippen molar-refractivity contribution in [3.8, 4) is 11.5 Å². The van der Waals surface area contributed by atoms with Gasteiger partial charge in [0.15, 0.2) is 0 Å². The van der Waals surface area contributed by atoms with Gasteiger partial charge in [0.25, 0.3) is 0 Å². The van der Waals surface area contributed by atoms with E-state index in [2.05, 4.69) is 5.32 Å². The summed E-state index contributed by atoms with van der Waals surface area (Å²) in [5.74, 6) is 1.71. The van der Waals surface area contributed by atoms with Gasteiger partial charge in [0.1, 0.15) is 11.5 Å². The molecule has 0 saturated heterocycles. The van der Waals surface area contributed by atoms with Crippen LogP contribution in [-0.2, 0) is 11.2 Å². The lowest BCUT2D eigenvalue weighted by atomic mass is 9.97. The molecule has 0 bridgehead atoms. The first-order chi connectivity index (χ1) is 12.1. The Morgan fingerprint density at radius 1 is 0.960 bits per heavy atom. The van der Waals surface area contributed by atoms with Crippen LogP contribution in [0, 0.1) is 5.92 Å². The Kier molecular flexibility index (Phi) is 6.87. The van der Waals surface area contributed by atoms with E-state index >= 15 is 0 Å². The first kappa shape index (κ1) is 18.8. The Hall–Kier alpha value is -2.49. The van der Waals surface area contributed by atoms with Crippen LogP contribution in [-0.4, -0.2) is 20.1 Å². The van der Waals surface area contributed by atoms with E-state index in [0.29, 0.717) is 0 Å². The fraction of sp³-hybridized carbons (Fsp3) is 0.381. The summed E-state index contributed by atoms with van der Waals surface area (Å²) in [6, 6.07) is 15.7. The predicted molar refractivity (Wildman–Crippen MR) is 100 cm³/mol. The average Bonchev–Trinajstić information content (AvgIpc) is 2.67. The lowest BCUT2D eigenvalue weighted by Gasteiger charge is -2.22. The van der Waals surface area contributed by atoms with Gasteiger partial charge in [0.05, 0.1) is 20.3 Å². The van der Waals surface area contributed by atoms with Gasteiger partial charge >= 0.3 is 0 Å². The molecule has 0 aliphatic rings. The lowest BCUT2D eigenvalue weighted by molar-refractivity contribution is -0.125. The number of hydrogen-bond acceptors (Lipinski definition) is 3. The summed E-state index contributed by atoms with van der Waals surface area (Å²) < 4.78 is 10.4. The van der Waals surface area contributed by atoms with E-state index in [1.54, 1.807) is 14.2 Å². The van der Waals surface area contributed by atoms with Gasteiger partial charge < -0.3 is 14.8 Å². The topological polar surface area (TPSA) is 47.6 Å². The Bertz CT molecular complexity index is 665. The Balaban J connectivity index is 2.21. The van der Waals surface area contributed by atoms with E-state index in [-0.39, 0.29) is 17.9 Å². The van der Waals surface area contributed by atoms with Crippen molar-refractivity contribution in [2.75, 3.05) is 14.2 Å². The summed E-state index contributed by atoms with van der Waals surface area (Å²) in [7, 11) is 3.30. The van der Waals surface area contributed by atoms with Gasteiger partial charge in [0, 0.05) is 5.92 Å². The molecule has 0 aliphatic carbocycles. The maximum absolute atomic E-state index is 12.4. The summed E-state index contributed by atoms with van der Waals surface area (Å²) in [6.07, 6.45) is 1.54. The highest BCUT2D eigenvalue weighted by molar-refractivity contribution is 5.78. The summed E-state index contributed by atoms with van der Waals surface area (Å²) in [6.45, 7) is 3.98. The second kappa shape index (κ2) is 9.11. The van der Waals surface area contributed by atoms with Crippen LogP contribution in [0.15, 0.2) is 48.5 Å². The molecule has 0 unspecified atom stereocenters. The number of hydrogen-bond donors (Lipinski definition) is 1. The third-order valence-electron chi connectivity index (χ3n) is 4.49. The normalized spacial score (nSPS) is 13.0. The summed E-state index contributed by atoms with van der Waals surface area (Å²) in [4.78, 5) is 12.4. The molecule has 2 rings (SSSR count). The second-order valence-electron chi connectivity index (χ2n) is 6.20. The van der Waals surface area contributed by atoms with Crippen molar-refractivity contribution in [2.45, 2.75) is 32.7 Å². The van der Waals surface area contributed by atoms with E-state index in [1.807, 2.05) is 62.4 Å². The minimum atomic E-state index is -0.0826. The number of carbonyl (C=O) groups is 1. The fourth-order valence-corrected chi connectivity index (χ4v) is 2.59. The molecule has 4 nitrogen and oxygen atoms in total. The maximum atomic E-state index is 12.4. The van der Waals surface area contributed by atoms with Crippen LogP contribution >= 0.6 is 0 Å². The molecule has 0 aliphatic heterocycles. The van der Waals surface area contributed by atoms with Crippen LogP contribution in [0.2, 0.25) is 0 Å². The van der Waals surface area contributed by atoms with Gasteiger partial charge in [-0.3, -0.25) is 4.79 Å². The number of benzene rings is 2. The molecule has 1 amide bonds.